The van der Waals surface area contributed by atoms with E-state index in [1.165, 1.54) is 24.2 Å². The zero-order valence-electron chi connectivity index (χ0n) is 62.1. The van der Waals surface area contributed by atoms with E-state index in [1.54, 1.807) is 18.5 Å². The number of benzene rings is 4. The second kappa shape index (κ2) is 28.2. The van der Waals surface area contributed by atoms with Crippen LogP contribution in [0.5, 0.6) is 0 Å². The molecule has 17 rings (SSSR count). The molecule has 11 heterocycles. The molecule has 4 unspecified atom stereocenters. The van der Waals surface area contributed by atoms with Crippen LogP contribution < -0.4 is 37.4 Å². The molecule has 6 aromatic heterocycles. The first kappa shape index (κ1) is 71.9. The number of ether oxygens (including phenoxy) is 4. The maximum absolute atomic E-state index is 12.8. The third-order valence-corrected chi connectivity index (χ3v) is 22.0. The van der Waals surface area contributed by atoms with Gasteiger partial charge in [0.2, 0.25) is 0 Å². The lowest BCUT2D eigenvalue weighted by Gasteiger charge is -2.43. The SMILES string of the molecule is CC(C)(C)OC(=O)NC1(c2ccc(-n3c(-c4cccnc4N)nc4ccc(-c5cccc(N6CC7CCC(C6)O7)c5)nc43)cc2)CCC1.CC(C)(C)OC(=O)NC1(c2ccc(-n3c(-c4cccnc4N)nc4ccc(Cl)nc43)cc2)CCC1.CC1(C)OB(c2cccc(N3CC4CCC(C3)O4)c2)OC1(C)C. The highest BCUT2D eigenvalue weighted by Gasteiger charge is 2.52. The predicted octanol–water partition coefficient (Wildman–Crippen LogP) is 15.0. The van der Waals surface area contributed by atoms with Crippen molar-refractivity contribution >= 4 is 81.7 Å². The second-order valence-electron chi connectivity index (χ2n) is 32.1. The maximum atomic E-state index is 12.8. The van der Waals surface area contributed by atoms with Crippen molar-refractivity contribution in [3.8, 4) is 45.4 Å². The minimum absolute atomic E-state index is 0.294. The lowest BCUT2D eigenvalue weighted by molar-refractivity contribution is 0.00578. The van der Waals surface area contributed by atoms with Crippen molar-refractivity contribution in [1.29, 1.82) is 0 Å². The fraction of sp³-hybridized carbons (Fsp3) is 0.415. The molecule has 0 spiro atoms. The fourth-order valence-electron chi connectivity index (χ4n) is 15.4. The molecule has 550 valence electrons. The number of carbonyl (C=O) groups excluding carboxylic acids is 2. The Hall–Kier alpha value is -9.65. The van der Waals surface area contributed by atoms with E-state index in [0.29, 0.717) is 69.6 Å². The number of imidazole rings is 2. The molecule has 7 aliphatic rings. The molecule has 24 heteroatoms. The number of aromatic nitrogens is 8. The molecule has 5 saturated heterocycles. The van der Waals surface area contributed by atoms with Crippen LogP contribution in [0.3, 0.4) is 0 Å². The van der Waals surface area contributed by atoms with Crippen LogP contribution in [0, 0.1) is 0 Å². The monoisotopic (exact) mass is 1450 g/mol. The quantitative estimate of drug-likeness (QED) is 0.0654. The zero-order valence-corrected chi connectivity index (χ0v) is 62.8. The summed E-state index contributed by atoms with van der Waals surface area (Å²) in [6.45, 7) is 23.4. The molecule has 106 heavy (non-hydrogen) atoms. The van der Waals surface area contributed by atoms with E-state index >= 15 is 0 Å². The van der Waals surface area contributed by atoms with Crippen LogP contribution in [0.15, 0.2) is 158 Å². The molecule has 0 radical (unpaired) electrons. The first-order chi connectivity index (χ1) is 50.6. The van der Waals surface area contributed by atoms with Gasteiger partial charge in [-0.1, -0.05) is 60.1 Å². The van der Waals surface area contributed by atoms with Crippen LogP contribution in [0.4, 0.5) is 32.6 Å². The number of nitrogen functional groups attached to an aromatic ring is 2. The van der Waals surface area contributed by atoms with Gasteiger partial charge in [-0.25, -0.2) is 39.5 Å². The maximum Gasteiger partial charge on any atom is 0.494 e. The van der Waals surface area contributed by atoms with Crippen molar-refractivity contribution in [3.63, 3.8) is 0 Å². The Morgan fingerprint density at radius 1 is 0.519 bits per heavy atom. The number of nitrogens with two attached hydrogens (primary N) is 2. The highest BCUT2D eigenvalue weighted by molar-refractivity contribution is 6.62. The van der Waals surface area contributed by atoms with Gasteiger partial charge in [-0.15, -0.1) is 0 Å². The van der Waals surface area contributed by atoms with Gasteiger partial charge in [-0.05, 0) is 247 Å². The summed E-state index contributed by atoms with van der Waals surface area (Å²) in [5.74, 6) is 2.06. The largest absolute Gasteiger partial charge is 0.494 e. The van der Waals surface area contributed by atoms with Crippen LogP contribution in [-0.4, -0.2) is 131 Å². The van der Waals surface area contributed by atoms with Crippen LogP contribution in [0.1, 0.15) is 145 Å². The topological polar surface area (TPSA) is 259 Å². The number of rotatable bonds is 12. The number of morpholine rings is 2. The third kappa shape index (κ3) is 14.8. The third-order valence-electron chi connectivity index (χ3n) is 21.7. The Morgan fingerprint density at radius 2 is 0.953 bits per heavy atom. The summed E-state index contributed by atoms with van der Waals surface area (Å²) in [4.78, 5) is 58.3. The number of hydrogen-bond acceptors (Lipinski definition) is 18. The van der Waals surface area contributed by atoms with Crippen molar-refractivity contribution in [3.05, 3.63) is 174 Å². The minimum Gasteiger partial charge on any atom is -0.444 e. The van der Waals surface area contributed by atoms with E-state index in [4.69, 9.17) is 66.3 Å². The number of halogens is 1. The number of anilines is 4. The summed E-state index contributed by atoms with van der Waals surface area (Å²) in [6, 6.07) is 48.6. The Kier molecular flexibility index (Phi) is 19.2. The summed E-state index contributed by atoms with van der Waals surface area (Å²) < 4.78 is 39.5. The molecule has 10 aromatic rings. The van der Waals surface area contributed by atoms with Gasteiger partial charge >= 0.3 is 19.3 Å². The fourth-order valence-corrected chi connectivity index (χ4v) is 15.5. The lowest BCUT2D eigenvalue weighted by Crippen LogP contribution is -2.52. The Morgan fingerprint density at radius 3 is 1.39 bits per heavy atom. The molecule has 7 fully saturated rings. The highest BCUT2D eigenvalue weighted by Crippen LogP contribution is 2.45. The summed E-state index contributed by atoms with van der Waals surface area (Å²) in [5, 5.41) is 6.64. The zero-order chi connectivity index (χ0) is 74.1. The Labute approximate surface area is 624 Å². The number of amides is 2. The van der Waals surface area contributed by atoms with Gasteiger partial charge in [-0.3, -0.25) is 9.13 Å². The summed E-state index contributed by atoms with van der Waals surface area (Å²) in [6.07, 6.45) is 14.1. The first-order valence-electron chi connectivity index (χ1n) is 37.1. The Bertz CT molecular complexity index is 4870. The standard InChI is InChI=1S/C38H41N7O3.C26H27ClN6O2.C18H26BNO3/c1-37(2,3)48-36(46)43-38(18-6-19-38)25-10-12-26(13-11-25)45-34(30-9-5-20-40-33(30)39)42-32-17-16-31(41-35(32)45)24-7-4-8-27(21-24)44-22-28-14-15-29(23-44)47-28;1-25(2,3)35-24(34)32-26(13-5-14-26)16-7-9-17(10-8-16)33-22(18-6-4-15-29-21(18)28)30-19-11-12-20(27)31-23(19)33;1-17(2)18(3,4)23-19(22-17)13-6-5-7-14(10-13)20-11-15-8-9-16(12-20)21-15/h4-5,7-13,16-17,20-21,28-29H,6,14-15,18-19,22-23H2,1-3H3,(H2,39,40)(H,43,46);4,6-12,15H,5,13-14H2,1-3H3,(H2,28,29)(H,32,34);5-7,10,15-16H,8-9,11-12H2,1-4H3. The summed E-state index contributed by atoms with van der Waals surface area (Å²) in [5.41, 5.74) is 23.4. The van der Waals surface area contributed by atoms with Gasteiger partial charge < -0.3 is 60.2 Å². The average molecular weight is 1450 g/mol. The average Bonchev–Trinajstić information content (AvgIpc) is 1.53. The molecule has 4 aromatic carbocycles. The van der Waals surface area contributed by atoms with Gasteiger partial charge in [-0.2, -0.15) is 0 Å². The molecule has 4 bridgehead atoms. The van der Waals surface area contributed by atoms with Crippen molar-refractivity contribution in [2.45, 2.75) is 191 Å². The van der Waals surface area contributed by atoms with Gasteiger partial charge in [0.15, 0.2) is 22.9 Å². The number of carbonyl (C=O) groups is 2. The normalized spacial score (nSPS) is 20.9. The molecule has 2 amide bonds. The van der Waals surface area contributed by atoms with Crippen molar-refractivity contribution in [2.24, 2.45) is 0 Å². The summed E-state index contributed by atoms with van der Waals surface area (Å²) in [7, 11) is -0.294. The molecule has 2 aliphatic carbocycles. The summed E-state index contributed by atoms with van der Waals surface area (Å²) >= 11 is 6.23. The van der Waals surface area contributed by atoms with E-state index in [9.17, 15) is 9.59 Å². The molecule has 4 atom stereocenters. The van der Waals surface area contributed by atoms with Gasteiger partial charge in [0.1, 0.15) is 39.0 Å². The molecule has 22 nitrogen and oxygen atoms in total. The smallest absolute Gasteiger partial charge is 0.444 e. The van der Waals surface area contributed by atoms with Crippen molar-refractivity contribution in [2.75, 3.05) is 47.4 Å². The molecule has 6 N–H and O–H groups in total. The van der Waals surface area contributed by atoms with Gasteiger partial charge in [0.05, 0.1) is 63.5 Å². The number of nitrogens with one attached hydrogen (secondary N) is 2. The molecule has 2 saturated carbocycles. The van der Waals surface area contributed by atoms with E-state index in [1.807, 2.05) is 117 Å². The number of alkyl carbamates (subject to hydrolysis) is 2. The molecular formula is C82H94BClN14O8. The first-order valence-corrected chi connectivity index (χ1v) is 37.5. The van der Waals surface area contributed by atoms with Gasteiger partial charge in [0, 0.05) is 66.9 Å². The van der Waals surface area contributed by atoms with E-state index in [-0.39, 0.29) is 18.3 Å². The van der Waals surface area contributed by atoms with E-state index < -0.39 is 34.5 Å². The van der Waals surface area contributed by atoms with Crippen molar-refractivity contribution in [1.82, 2.24) is 49.7 Å². The number of fused-ring (bicyclic) bond motifs is 6. The number of nitrogens with zero attached hydrogens (tertiary/aromatic N) is 10. The van der Waals surface area contributed by atoms with Crippen LogP contribution in [0.25, 0.3) is 67.7 Å². The van der Waals surface area contributed by atoms with E-state index in [2.05, 4.69) is 136 Å². The van der Waals surface area contributed by atoms with E-state index in [0.717, 1.165) is 133 Å². The minimum atomic E-state index is -0.568. The predicted molar refractivity (Wildman–Crippen MR) is 416 cm³/mol. The number of hydrogen-bond donors (Lipinski definition) is 4. The van der Waals surface area contributed by atoms with Crippen LogP contribution in [0.2, 0.25) is 5.15 Å². The van der Waals surface area contributed by atoms with Crippen LogP contribution in [-0.2, 0) is 39.3 Å². The molecule has 5 aliphatic heterocycles. The van der Waals surface area contributed by atoms with Gasteiger partial charge in [0.25, 0.3) is 0 Å². The number of pyridine rings is 4. The highest BCUT2D eigenvalue weighted by atomic mass is 35.5. The van der Waals surface area contributed by atoms with Crippen LogP contribution >= 0.6 is 11.6 Å². The van der Waals surface area contributed by atoms with Crippen molar-refractivity contribution < 1.29 is 37.8 Å². The Balaban J connectivity index is 0.000000136. The second-order valence-corrected chi connectivity index (χ2v) is 32.5. The molecular weight excluding hydrogens is 1360 g/mol. The lowest BCUT2D eigenvalue weighted by atomic mass is 9.72.